The van der Waals surface area contributed by atoms with Crippen LogP contribution in [-0.2, 0) is 10.2 Å². The summed E-state index contributed by atoms with van der Waals surface area (Å²) in [6.45, 7) is 47.8. The van der Waals surface area contributed by atoms with Crippen molar-refractivity contribution in [3.8, 4) is 0 Å². The molecule has 2 atom stereocenters. The average molecular weight is 557 g/mol. The Bertz CT molecular complexity index is 947. The maximum absolute atomic E-state index is 15.1. The molecule has 1 fully saturated rings. The number of hydrogen-bond donors (Lipinski definition) is 1. The molecule has 0 amide bonds. The van der Waals surface area contributed by atoms with E-state index in [0.29, 0.717) is 0 Å². The highest BCUT2D eigenvalue weighted by Gasteiger charge is 2.83. The number of nitrogens with one attached hydrogen (secondary N) is 1. The highest BCUT2D eigenvalue weighted by atomic mass is 32.2. The molecular formula is C33H68N2O2S. The zero-order valence-electron chi connectivity index (χ0n) is 29.6. The quantitative estimate of drug-likeness (QED) is 0.368. The van der Waals surface area contributed by atoms with E-state index in [2.05, 4.69) is 150 Å². The molecule has 1 saturated heterocycles. The van der Waals surface area contributed by atoms with Crippen LogP contribution in [0.25, 0.3) is 0 Å². The lowest BCUT2D eigenvalue weighted by Crippen LogP contribution is -2.92. The van der Waals surface area contributed by atoms with Gasteiger partial charge in [-0.1, -0.05) is 125 Å². The van der Waals surface area contributed by atoms with Gasteiger partial charge in [0.15, 0.2) is 0 Å². The fourth-order valence-corrected chi connectivity index (χ4v) is 12.3. The molecule has 0 aromatic carbocycles. The van der Waals surface area contributed by atoms with Gasteiger partial charge in [0.05, 0.1) is 5.54 Å². The van der Waals surface area contributed by atoms with Gasteiger partial charge in [-0.05, 0) is 66.1 Å². The van der Waals surface area contributed by atoms with Crippen LogP contribution in [0.5, 0.6) is 0 Å². The molecule has 0 aliphatic carbocycles. The Morgan fingerprint density at radius 1 is 0.526 bits per heavy atom. The monoisotopic (exact) mass is 557 g/mol. The lowest BCUT2D eigenvalue weighted by molar-refractivity contribution is -0.277. The first-order chi connectivity index (χ1) is 16.0. The van der Waals surface area contributed by atoms with Gasteiger partial charge in [-0.25, -0.2) is 0 Å². The molecule has 1 N–H and O–H groups in total. The molecule has 0 aromatic rings. The minimum absolute atomic E-state index is 0.0598. The summed E-state index contributed by atoms with van der Waals surface area (Å²) in [6, 6.07) is 0. The first kappa shape index (κ1) is 35.9. The molecule has 0 spiro atoms. The normalized spacial score (nSPS) is 28.4. The molecule has 0 radical (unpaired) electrons. The third kappa shape index (κ3) is 5.40. The van der Waals surface area contributed by atoms with Gasteiger partial charge in [0.25, 0.3) is 10.2 Å². The van der Waals surface area contributed by atoms with E-state index in [4.69, 9.17) is 0 Å². The van der Waals surface area contributed by atoms with Crippen molar-refractivity contribution < 1.29 is 8.42 Å². The summed E-state index contributed by atoms with van der Waals surface area (Å²) in [5, 5.41) is 0. The zero-order chi connectivity index (χ0) is 31.2. The Balaban J connectivity index is 5.08. The van der Waals surface area contributed by atoms with Crippen molar-refractivity contribution in [3.63, 3.8) is 0 Å². The van der Waals surface area contributed by atoms with Crippen LogP contribution >= 0.6 is 0 Å². The van der Waals surface area contributed by atoms with Crippen molar-refractivity contribution in [2.45, 2.75) is 175 Å². The summed E-state index contributed by atoms with van der Waals surface area (Å²) in [4.78, 5) is 0. The summed E-state index contributed by atoms with van der Waals surface area (Å²) in [6.07, 6.45) is 1.61. The molecule has 4 nitrogen and oxygen atoms in total. The summed E-state index contributed by atoms with van der Waals surface area (Å²) in [5.74, 6) is 0. The number of nitrogens with zero attached hydrogens (tertiary/aromatic N) is 1. The molecule has 1 aliphatic heterocycles. The second kappa shape index (κ2) is 9.18. The van der Waals surface area contributed by atoms with E-state index in [-0.39, 0.29) is 21.7 Å². The van der Waals surface area contributed by atoms with Crippen LogP contribution in [0.2, 0.25) is 0 Å². The van der Waals surface area contributed by atoms with E-state index in [1.54, 1.807) is 0 Å². The summed E-state index contributed by atoms with van der Waals surface area (Å²) < 4.78 is 35.7. The van der Waals surface area contributed by atoms with Crippen LogP contribution < -0.4 is 4.72 Å². The highest BCUT2D eigenvalue weighted by molar-refractivity contribution is 7.87. The Labute approximate surface area is 240 Å². The molecule has 0 bridgehead atoms. The van der Waals surface area contributed by atoms with E-state index in [9.17, 15) is 0 Å². The highest BCUT2D eigenvalue weighted by Crippen LogP contribution is 2.76. The van der Waals surface area contributed by atoms with E-state index in [1.165, 1.54) is 0 Å². The number of rotatable bonds is 2. The van der Waals surface area contributed by atoms with Gasteiger partial charge in [0.1, 0.15) is 0 Å². The van der Waals surface area contributed by atoms with Gasteiger partial charge in [0, 0.05) is 16.5 Å². The molecule has 0 aromatic heterocycles. The maximum Gasteiger partial charge on any atom is 0.281 e. The van der Waals surface area contributed by atoms with Crippen LogP contribution in [0.15, 0.2) is 0 Å². The molecule has 5 heteroatoms. The lowest BCUT2D eigenvalue weighted by Gasteiger charge is -2.82. The van der Waals surface area contributed by atoms with Gasteiger partial charge >= 0.3 is 0 Å². The van der Waals surface area contributed by atoms with Gasteiger partial charge in [-0.15, -0.1) is 0 Å². The molecule has 1 heterocycles. The predicted molar refractivity (Wildman–Crippen MR) is 168 cm³/mol. The average Bonchev–Trinajstić information content (AvgIpc) is 2.47. The molecule has 1 aliphatic rings. The SMILES string of the molecule is CC(C)(C)CC1(C(C)(C)C)NS(=O)(=O)N(C(C)(C)C)C(C(C)(C)C)(C(C)(C)C)C1(CC(C)(C)C)C(C)(C)C. The summed E-state index contributed by atoms with van der Waals surface area (Å²) in [7, 11) is -3.92. The minimum Gasteiger partial charge on any atom is -0.195 e. The van der Waals surface area contributed by atoms with Crippen molar-refractivity contribution in [1.29, 1.82) is 0 Å². The van der Waals surface area contributed by atoms with Crippen LogP contribution in [0.3, 0.4) is 0 Å². The van der Waals surface area contributed by atoms with Crippen molar-refractivity contribution in [1.82, 2.24) is 9.03 Å². The van der Waals surface area contributed by atoms with Gasteiger partial charge in [0.2, 0.25) is 0 Å². The third-order valence-corrected chi connectivity index (χ3v) is 11.0. The number of hydrogen-bond acceptors (Lipinski definition) is 2. The Hall–Kier alpha value is -0.130. The molecule has 0 saturated carbocycles. The second-order valence-electron chi connectivity index (χ2n) is 20.0. The molecular weight excluding hydrogens is 488 g/mol. The van der Waals surface area contributed by atoms with Crippen molar-refractivity contribution in [2.75, 3.05) is 0 Å². The fourth-order valence-electron chi connectivity index (χ4n) is 9.46. The largest absolute Gasteiger partial charge is 0.281 e. The molecule has 38 heavy (non-hydrogen) atoms. The van der Waals surface area contributed by atoms with Crippen LogP contribution in [0.1, 0.15) is 158 Å². The van der Waals surface area contributed by atoms with Crippen LogP contribution in [0, 0.1) is 37.9 Å². The smallest absolute Gasteiger partial charge is 0.195 e. The Kier molecular flexibility index (Phi) is 8.68. The van der Waals surface area contributed by atoms with E-state index in [0.717, 1.165) is 12.8 Å². The Morgan fingerprint density at radius 3 is 1.08 bits per heavy atom. The summed E-state index contributed by atoms with van der Waals surface area (Å²) >= 11 is 0. The first-order valence-corrected chi connectivity index (χ1v) is 16.3. The van der Waals surface area contributed by atoms with Gasteiger partial charge < -0.3 is 0 Å². The zero-order valence-corrected chi connectivity index (χ0v) is 30.4. The van der Waals surface area contributed by atoms with E-state index < -0.39 is 43.1 Å². The molecule has 1 rings (SSSR count). The molecule has 2 unspecified atom stereocenters. The van der Waals surface area contributed by atoms with Crippen molar-refractivity contribution in [2.24, 2.45) is 37.9 Å². The molecule has 228 valence electrons. The van der Waals surface area contributed by atoms with Crippen molar-refractivity contribution >= 4 is 10.2 Å². The van der Waals surface area contributed by atoms with E-state index >= 15 is 8.42 Å². The standard InChI is InChI=1S/C33H68N2O2S/c1-24(2,3)22-31(26(7,8)9)32(27(10,11)12,23-25(4,5)6)34-38(36,37)35(30(19,20)21)33(31,28(13,14)15)29(16,17)18/h34H,22-23H2,1-21H3. The van der Waals surface area contributed by atoms with E-state index in [1.807, 2.05) is 4.31 Å². The maximum atomic E-state index is 15.1. The summed E-state index contributed by atoms with van der Waals surface area (Å²) in [5.41, 5.74) is -4.28. The fraction of sp³-hybridized carbons (Fsp3) is 1.00. The van der Waals surface area contributed by atoms with Crippen LogP contribution in [0.4, 0.5) is 0 Å². The third-order valence-electron chi connectivity index (χ3n) is 9.13. The minimum atomic E-state index is -3.92. The first-order valence-electron chi connectivity index (χ1n) is 14.8. The van der Waals surface area contributed by atoms with Crippen molar-refractivity contribution in [3.05, 3.63) is 0 Å². The predicted octanol–water partition coefficient (Wildman–Crippen LogP) is 9.46. The van der Waals surface area contributed by atoms with Gasteiger partial charge in [-0.3, -0.25) is 0 Å². The Morgan fingerprint density at radius 2 is 0.868 bits per heavy atom. The topological polar surface area (TPSA) is 49.4 Å². The van der Waals surface area contributed by atoms with Gasteiger partial charge in [-0.2, -0.15) is 17.4 Å². The van der Waals surface area contributed by atoms with Crippen LogP contribution in [-0.4, -0.2) is 29.3 Å². The lowest BCUT2D eigenvalue weighted by atomic mass is 9.32. The second-order valence-corrected chi connectivity index (χ2v) is 21.6.